The molecule has 25 heavy (non-hydrogen) atoms. The first-order valence-corrected chi connectivity index (χ1v) is 7.57. The summed E-state index contributed by atoms with van der Waals surface area (Å²) in [5.41, 5.74) is 0.945. The fourth-order valence-electron chi connectivity index (χ4n) is 1.95. The lowest BCUT2D eigenvalue weighted by Crippen LogP contribution is -2.29. The molecule has 0 aliphatic rings. The van der Waals surface area contributed by atoms with Crippen LogP contribution >= 0.6 is 0 Å². The number of amides is 1. The number of carbonyl (C=O) groups excluding carboxylic acids is 2. The van der Waals surface area contributed by atoms with E-state index in [0.29, 0.717) is 5.56 Å². The van der Waals surface area contributed by atoms with Crippen molar-refractivity contribution in [1.29, 1.82) is 0 Å². The molecule has 0 fully saturated rings. The molecule has 0 spiro atoms. The number of esters is 1. The van der Waals surface area contributed by atoms with Crippen LogP contribution in [-0.4, -0.2) is 18.0 Å². The quantitative estimate of drug-likeness (QED) is 0.661. The Kier molecular flexibility index (Phi) is 6.00. The second-order valence-corrected chi connectivity index (χ2v) is 5.39. The molecule has 0 heterocycles. The number of aryl methyl sites for hydroxylation is 1. The number of ether oxygens (including phenoxy) is 1. The Hall–Kier alpha value is -3.02. The molecule has 2 aromatic rings. The summed E-state index contributed by atoms with van der Waals surface area (Å²) in [4.78, 5) is 23.7. The van der Waals surface area contributed by atoms with E-state index >= 15 is 0 Å². The van der Waals surface area contributed by atoms with Gasteiger partial charge in [0.05, 0.1) is 0 Å². The van der Waals surface area contributed by atoms with Crippen LogP contribution in [0.2, 0.25) is 0 Å². The Morgan fingerprint density at radius 3 is 2.52 bits per heavy atom. The van der Waals surface area contributed by atoms with Crippen molar-refractivity contribution in [3.05, 3.63) is 71.3 Å². The van der Waals surface area contributed by atoms with Gasteiger partial charge in [-0.25, -0.2) is 13.6 Å². The summed E-state index contributed by atoms with van der Waals surface area (Å²) in [7, 11) is 0. The third kappa shape index (κ3) is 5.24. The fourth-order valence-corrected chi connectivity index (χ4v) is 1.95. The average Bonchev–Trinajstić information content (AvgIpc) is 2.57. The van der Waals surface area contributed by atoms with Gasteiger partial charge in [0, 0.05) is 17.3 Å². The molecular formula is C19H17F2NO3. The predicted molar refractivity (Wildman–Crippen MR) is 90.8 cm³/mol. The van der Waals surface area contributed by atoms with Gasteiger partial charge in [0.2, 0.25) is 0 Å². The van der Waals surface area contributed by atoms with Gasteiger partial charge in [-0.1, -0.05) is 24.3 Å². The first kappa shape index (κ1) is 18.3. The number of carbonyl (C=O) groups is 2. The van der Waals surface area contributed by atoms with Crippen LogP contribution in [0, 0.1) is 18.6 Å². The molecule has 0 saturated carbocycles. The third-order valence-electron chi connectivity index (χ3n) is 3.41. The SMILES string of the molecule is Cc1ccc(NC(=O)[C@H](C)OC(=O)/C=C/c2ccccc2F)cc1F. The second-order valence-electron chi connectivity index (χ2n) is 5.39. The van der Waals surface area contributed by atoms with Gasteiger partial charge in [-0.2, -0.15) is 0 Å². The van der Waals surface area contributed by atoms with Gasteiger partial charge in [-0.3, -0.25) is 4.79 Å². The number of anilines is 1. The van der Waals surface area contributed by atoms with Crippen LogP contribution in [0.3, 0.4) is 0 Å². The van der Waals surface area contributed by atoms with Crippen LogP contribution in [0.15, 0.2) is 48.5 Å². The van der Waals surface area contributed by atoms with E-state index in [2.05, 4.69) is 5.32 Å². The second kappa shape index (κ2) is 8.19. The maximum Gasteiger partial charge on any atom is 0.331 e. The summed E-state index contributed by atoms with van der Waals surface area (Å²) in [6, 6.07) is 10.2. The van der Waals surface area contributed by atoms with Crippen molar-refractivity contribution < 1.29 is 23.1 Å². The lowest BCUT2D eigenvalue weighted by Gasteiger charge is -2.12. The molecule has 0 aliphatic heterocycles. The minimum absolute atomic E-state index is 0.228. The van der Waals surface area contributed by atoms with Gasteiger partial charge < -0.3 is 10.1 Å². The van der Waals surface area contributed by atoms with Crippen molar-refractivity contribution in [2.45, 2.75) is 20.0 Å². The summed E-state index contributed by atoms with van der Waals surface area (Å²) < 4.78 is 31.8. The zero-order valence-electron chi connectivity index (χ0n) is 13.8. The number of hydrogen-bond donors (Lipinski definition) is 1. The molecule has 1 amide bonds. The Bertz CT molecular complexity index is 818. The average molecular weight is 345 g/mol. The monoisotopic (exact) mass is 345 g/mol. The molecule has 0 aliphatic carbocycles. The predicted octanol–water partition coefficient (Wildman–Crippen LogP) is 3.86. The van der Waals surface area contributed by atoms with E-state index in [1.165, 1.54) is 43.3 Å². The largest absolute Gasteiger partial charge is 0.449 e. The lowest BCUT2D eigenvalue weighted by atomic mass is 10.2. The fraction of sp³-hybridized carbons (Fsp3) is 0.158. The highest BCUT2D eigenvalue weighted by atomic mass is 19.1. The van der Waals surface area contributed by atoms with Crippen LogP contribution in [0.1, 0.15) is 18.1 Å². The van der Waals surface area contributed by atoms with E-state index in [-0.39, 0.29) is 11.3 Å². The first-order valence-electron chi connectivity index (χ1n) is 7.57. The van der Waals surface area contributed by atoms with Gasteiger partial charge in [0.25, 0.3) is 5.91 Å². The summed E-state index contributed by atoms with van der Waals surface area (Å²) in [6.07, 6.45) is 1.20. The Morgan fingerprint density at radius 1 is 1.12 bits per heavy atom. The van der Waals surface area contributed by atoms with Gasteiger partial charge in [-0.05, 0) is 43.7 Å². The number of hydrogen-bond acceptors (Lipinski definition) is 3. The van der Waals surface area contributed by atoms with E-state index in [1.54, 1.807) is 19.1 Å². The lowest BCUT2D eigenvalue weighted by molar-refractivity contribution is -0.148. The van der Waals surface area contributed by atoms with E-state index in [1.807, 2.05) is 0 Å². The Morgan fingerprint density at radius 2 is 1.84 bits per heavy atom. The zero-order chi connectivity index (χ0) is 18.4. The summed E-state index contributed by atoms with van der Waals surface area (Å²) >= 11 is 0. The van der Waals surface area contributed by atoms with Crippen molar-refractivity contribution in [3.63, 3.8) is 0 Å². The van der Waals surface area contributed by atoms with Gasteiger partial charge in [0.15, 0.2) is 6.10 Å². The highest BCUT2D eigenvalue weighted by Gasteiger charge is 2.17. The molecule has 2 aromatic carbocycles. The molecule has 0 bridgehead atoms. The zero-order valence-corrected chi connectivity index (χ0v) is 13.8. The molecule has 130 valence electrons. The molecule has 0 aromatic heterocycles. The summed E-state index contributed by atoms with van der Waals surface area (Å²) in [5, 5.41) is 2.46. The molecule has 2 rings (SSSR count). The minimum Gasteiger partial charge on any atom is -0.449 e. The van der Waals surface area contributed by atoms with Crippen molar-refractivity contribution in [2.75, 3.05) is 5.32 Å². The van der Waals surface area contributed by atoms with Gasteiger partial charge >= 0.3 is 5.97 Å². The first-order chi connectivity index (χ1) is 11.9. The third-order valence-corrected chi connectivity index (χ3v) is 3.41. The van der Waals surface area contributed by atoms with E-state index in [4.69, 9.17) is 4.74 Å². The standard InChI is InChI=1S/C19H17F2NO3/c1-12-7-9-15(11-17(12)21)22-19(24)13(2)25-18(23)10-8-14-5-3-4-6-16(14)20/h3-11,13H,1-2H3,(H,22,24)/b10-8+/t13-/m0/s1. The van der Waals surface area contributed by atoms with E-state index in [9.17, 15) is 18.4 Å². The topological polar surface area (TPSA) is 55.4 Å². The van der Waals surface area contributed by atoms with Crippen molar-refractivity contribution >= 4 is 23.6 Å². The highest BCUT2D eigenvalue weighted by molar-refractivity contribution is 5.96. The van der Waals surface area contributed by atoms with Crippen LogP contribution < -0.4 is 5.32 Å². The minimum atomic E-state index is -1.10. The van der Waals surface area contributed by atoms with Crippen LogP contribution in [0.5, 0.6) is 0 Å². The molecule has 1 atom stereocenters. The van der Waals surface area contributed by atoms with Crippen LogP contribution in [0.4, 0.5) is 14.5 Å². The maximum absolute atomic E-state index is 13.5. The van der Waals surface area contributed by atoms with Gasteiger partial charge in [-0.15, -0.1) is 0 Å². The van der Waals surface area contributed by atoms with Gasteiger partial charge in [0.1, 0.15) is 11.6 Å². The molecule has 6 heteroatoms. The number of benzene rings is 2. The molecule has 1 N–H and O–H groups in total. The normalized spacial score (nSPS) is 12.0. The van der Waals surface area contributed by atoms with Crippen LogP contribution in [0.25, 0.3) is 6.08 Å². The van der Waals surface area contributed by atoms with Crippen molar-refractivity contribution in [2.24, 2.45) is 0 Å². The highest BCUT2D eigenvalue weighted by Crippen LogP contribution is 2.14. The smallest absolute Gasteiger partial charge is 0.331 e. The number of nitrogens with one attached hydrogen (secondary N) is 1. The number of rotatable bonds is 5. The number of halogens is 2. The van der Waals surface area contributed by atoms with Crippen LogP contribution in [-0.2, 0) is 14.3 Å². The van der Waals surface area contributed by atoms with E-state index < -0.39 is 29.6 Å². The molecular weight excluding hydrogens is 328 g/mol. The van der Waals surface area contributed by atoms with E-state index in [0.717, 1.165) is 6.08 Å². The maximum atomic E-state index is 13.5. The van der Waals surface area contributed by atoms with Crippen molar-refractivity contribution in [3.8, 4) is 0 Å². The molecule has 4 nitrogen and oxygen atoms in total. The summed E-state index contributed by atoms with van der Waals surface area (Å²) in [6.45, 7) is 2.99. The molecule has 0 saturated heterocycles. The molecule has 0 unspecified atom stereocenters. The summed E-state index contributed by atoms with van der Waals surface area (Å²) in [5.74, 6) is -2.31. The van der Waals surface area contributed by atoms with Crippen molar-refractivity contribution in [1.82, 2.24) is 0 Å². The Balaban J connectivity index is 1.92. The Labute approximate surface area is 144 Å². The molecule has 0 radical (unpaired) electrons.